The molecule has 0 saturated carbocycles. The fourth-order valence-electron chi connectivity index (χ4n) is 0.539. The maximum Gasteiger partial charge on any atom is 0.319 e. The zero-order valence-electron chi connectivity index (χ0n) is 6.00. The minimum absolute atomic E-state index is 0.224. The summed E-state index contributed by atoms with van der Waals surface area (Å²) in [6.07, 6.45) is 1.50. The van der Waals surface area contributed by atoms with Crippen LogP contribution >= 0.6 is 11.5 Å². The fourth-order valence-corrected chi connectivity index (χ4v) is 0.954. The highest BCUT2D eigenvalue weighted by atomic mass is 32.1. The summed E-state index contributed by atoms with van der Waals surface area (Å²) in [5, 5.41) is 9.36. The minimum atomic E-state index is -0.224. The van der Waals surface area contributed by atoms with Gasteiger partial charge in [-0.1, -0.05) is 4.49 Å². The first-order chi connectivity index (χ1) is 5.33. The van der Waals surface area contributed by atoms with E-state index >= 15 is 0 Å². The molecule has 5 nitrogen and oxygen atoms in total. The molecule has 0 atom stereocenters. The Hall–Kier alpha value is -1.17. The van der Waals surface area contributed by atoms with Crippen molar-refractivity contribution in [1.29, 1.82) is 0 Å². The zero-order chi connectivity index (χ0) is 8.10. The van der Waals surface area contributed by atoms with Crippen LogP contribution < -0.4 is 10.6 Å². The highest BCUT2D eigenvalue weighted by Crippen LogP contribution is 2.07. The number of nitrogens with zero attached hydrogens (tertiary/aromatic N) is 2. The van der Waals surface area contributed by atoms with Crippen molar-refractivity contribution in [2.24, 2.45) is 0 Å². The second kappa shape index (κ2) is 3.87. The third-order valence-corrected chi connectivity index (χ3v) is 1.52. The number of hydrogen-bond donors (Lipinski definition) is 2. The lowest BCUT2D eigenvalue weighted by molar-refractivity contribution is 0.252. The van der Waals surface area contributed by atoms with Crippen LogP contribution in [0.4, 0.5) is 9.80 Å². The Kier molecular flexibility index (Phi) is 2.79. The van der Waals surface area contributed by atoms with Crippen LogP contribution in [0, 0.1) is 0 Å². The molecule has 2 amide bonds. The van der Waals surface area contributed by atoms with E-state index in [1.807, 2.05) is 6.92 Å². The van der Waals surface area contributed by atoms with E-state index in [1.54, 1.807) is 0 Å². The van der Waals surface area contributed by atoms with E-state index in [-0.39, 0.29) is 6.03 Å². The number of aromatic nitrogens is 2. The number of carbonyl (C=O) groups is 1. The lowest BCUT2D eigenvalue weighted by atomic mass is 10.7. The molecule has 1 aromatic heterocycles. The van der Waals surface area contributed by atoms with Crippen molar-refractivity contribution >= 4 is 22.6 Å². The number of anilines is 1. The average molecular weight is 172 g/mol. The van der Waals surface area contributed by atoms with Gasteiger partial charge in [-0.3, -0.25) is 5.32 Å². The molecule has 0 aliphatic heterocycles. The molecule has 0 saturated heterocycles. The number of carbonyl (C=O) groups excluding carboxylic acids is 1. The standard InChI is InChI=1S/C5H8N4OS/c1-2-6-5(10)8-4-3-7-9-11-4/h3H,2H2,1H3,(H2,6,8,10). The van der Waals surface area contributed by atoms with Gasteiger partial charge in [0, 0.05) is 18.1 Å². The van der Waals surface area contributed by atoms with Crippen molar-refractivity contribution < 1.29 is 4.79 Å². The molecule has 0 aliphatic rings. The van der Waals surface area contributed by atoms with Crippen molar-refractivity contribution in [2.45, 2.75) is 6.92 Å². The quantitative estimate of drug-likeness (QED) is 0.689. The topological polar surface area (TPSA) is 66.9 Å². The predicted octanol–water partition coefficient (Wildman–Crippen LogP) is 0.680. The number of amides is 2. The SMILES string of the molecule is CCNC(=O)Nc1cnns1. The molecule has 0 unspecified atom stereocenters. The third kappa shape index (κ3) is 2.50. The Morgan fingerprint density at radius 2 is 2.64 bits per heavy atom. The van der Waals surface area contributed by atoms with Gasteiger partial charge in [0.1, 0.15) is 5.00 Å². The molecule has 0 aliphatic carbocycles. The van der Waals surface area contributed by atoms with Crippen molar-refractivity contribution in [3.63, 3.8) is 0 Å². The minimum Gasteiger partial charge on any atom is -0.338 e. The molecule has 1 aromatic rings. The maximum atomic E-state index is 10.8. The van der Waals surface area contributed by atoms with Crippen LogP contribution in [0.15, 0.2) is 6.20 Å². The summed E-state index contributed by atoms with van der Waals surface area (Å²) >= 11 is 1.14. The van der Waals surface area contributed by atoms with Crippen LogP contribution in [0.3, 0.4) is 0 Å². The van der Waals surface area contributed by atoms with E-state index in [1.165, 1.54) is 6.20 Å². The van der Waals surface area contributed by atoms with E-state index in [0.29, 0.717) is 11.5 Å². The molecular weight excluding hydrogens is 164 g/mol. The predicted molar refractivity (Wildman–Crippen MR) is 42.6 cm³/mol. The number of nitrogens with one attached hydrogen (secondary N) is 2. The van der Waals surface area contributed by atoms with Gasteiger partial charge in [-0.05, 0) is 6.92 Å². The van der Waals surface area contributed by atoms with E-state index in [2.05, 4.69) is 20.2 Å². The highest BCUT2D eigenvalue weighted by molar-refractivity contribution is 7.10. The van der Waals surface area contributed by atoms with Gasteiger partial charge in [0.05, 0.1) is 6.20 Å². The normalized spacial score (nSPS) is 9.18. The van der Waals surface area contributed by atoms with Crippen LogP contribution in [0.25, 0.3) is 0 Å². The Morgan fingerprint density at radius 1 is 1.82 bits per heavy atom. The number of rotatable bonds is 2. The van der Waals surface area contributed by atoms with Gasteiger partial charge in [-0.2, -0.15) is 0 Å². The first kappa shape index (κ1) is 7.93. The molecule has 2 N–H and O–H groups in total. The number of urea groups is 1. The fraction of sp³-hybridized carbons (Fsp3) is 0.400. The molecular formula is C5H8N4OS. The van der Waals surface area contributed by atoms with Crippen LogP contribution in [-0.2, 0) is 0 Å². The summed E-state index contributed by atoms with van der Waals surface area (Å²) in [5.41, 5.74) is 0. The smallest absolute Gasteiger partial charge is 0.319 e. The van der Waals surface area contributed by atoms with Crippen LogP contribution in [0.1, 0.15) is 6.92 Å². The Labute approximate surface area is 68.0 Å². The lowest BCUT2D eigenvalue weighted by Gasteiger charge is -1.99. The number of hydrogen-bond acceptors (Lipinski definition) is 4. The molecule has 1 heterocycles. The highest BCUT2D eigenvalue weighted by Gasteiger charge is 1.99. The van der Waals surface area contributed by atoms with E-state index < -0.39 is 0 Å². The van der Waals surface area contributed by atoms with Gasteiger partial charge in [0.15, 0.2) is 0 Å². The van der Waals surface area contributed by atoms with Crippen molar-refractivity contribution in [3.8, 4) is 0 Å². The van der Waals surface area contributed by atoms with Gasteiger partial charge in [-0.15, -0.1) is 5.10 Å². The summed E-state index contributed by atoms with van der Waals surface area (Å²) < 4.78 is 3.58. The summed E-state index contributed by atoms with van der Waals surface area (Å²) in [4.78, 5) is 10.8. The summed E-state index contributed by atoms with van der Waals surface area (Å²) in [5.74, 6) is 0. The summed E-state index contributed by atoms with van der Waals surface area (Å²) in [6, 6.07) is -0.224. The Bertz CT molecular complexity index is 222. The Morgan fingerprint density at radius 3 is 3.18 bits per heavy atom. The Balaban J connectivity index is 2.37. The van der Waals surface area contributed by atoms with Gasteiger partial charge < -0.3 is 5.32 Å². The van der Waals surface area contributed by atoms with Gasteiger partial charge in [-0.25, -0.2) is 4.79 Å². The van der Waals surface area contributed by atoms with Crippen molar-refractivity contribution in [3.05, 3.63) is 6.20 Å². The molecule has 0 bridgehead atoms. The molecule has 0 fully saturated rings. The van der Waals surface area contributed by atoms with Crippen LogP contribution in [0.2, 0.25) is 0 Å². The lowest BCUT2D eigenvalue weighted by Crippen LogP contribution is -2.27. The van der Waals surface area contributed by atoms with E-state index in [9.17, 15) is 4.79 Å². The third-order valence-electron chi connectivity index (χ3n) is 0.935. The van der Waals surface area contributed by atoms with Crippen molar-refractivity contribution in [1.82, 2.24) is 14.9 Å². The molecule has 0 radical (unpaired) electrons. The molecule has 60 valence electrons. The van der Waals surface area contributed by atoms with Crippen LogP contribution in [-0.4, -0.2) is 22.2 Å². The molecule has 1 rings (SSSR count). The summed E-state index contributed by atoms with van der Waals surface area (Å²) in [7, 11) is 0. The van der Waals surface area contributed by atoms with Gasteiger partial charge in [0.2, 0.25) is 0 Å². The van der Waals surface area contributed by atoms with Crippen LogP contribution in [0.5, 0.6) is 0 Å². The first-order valence-electron chi connectivity index (χ1n) is 3.15. The van der Waals surface area contributed by atoms with Crippen molar-refractivity contribution in [2.75, 3.05) is 11.9 Å². The second-order valence-electron chi connectivity index (χ2n) is 1.77. The molecule has 0 aromatic carbocycles. The van der Waals surface area contributed by atoms with E-state index in [0.717, 1.165) is 11.5 Å². The molecule has 6 heteroatoms. The largest absolute Gasteiger partial charge is 0.338 e. The maximum absolute atomic E-state index is 10.8. The average Bonchev–Trinajstić information content (AvgIpc) is 2.40. The second-order valence-corrected chi connectivity index (χ2v) is 2.55. The monoisotopic (exact) mass is 172 g/mol. The van der Waals surface area contributed by atoms with E-state index in [4.69, 9.17) is 0 Å². The summed E-state index contributed by atoms with van der Waals surface area (Å²) in [6.45, 7) is 2.46. The van der Waals surface area contributed by atoms with Gasteiger partial charge >= 0.3 is 6.03 Å². The molecule has 0 spiro atoms. The zero-order valence-corrected chi connectivity index (χ0v) is 6.81. The first-order valence-corrected chi connectivity index (χ1v) is 3.92. The van der Waals surface area contributed by atoms with Gasteiger partial charge in [0.25, 0.3) is 0 Å². The molecule has 11 heavy (non-hydrogen) atoms.